The van der Waals surface area contributed by atoms with E-state index < -0.39 is 12.0 Å². The predicted molar refractivity (Wildman–Crippen MR) is 83.3 cm³/mol. The number of aromatic nitrogens is 2. The third kappa shape index (κ3) is 4.93. The fraction of sp³-hybridized carbons (Fsp3) is 0.312. The highest BCUT2D eigenvalue weighted by Crippen LogP contribution is 2.20. The minimum absolute atomic E-state index is 0.194. The molecule has 7 heteroatoms. The Morgan fingerprint density at radius 3 is 2.83 bits per heavy atom. The largest absolute Gasteiger partial charge is 0.487 e. The first-order valence-corrected chi connectivity index (χ1v) is 7.24. The zero-order chi connectivity index (χ0) is 16.7. The minimum atomic E-state index is -1.04. The van der Waals surface area contributed by atoms with Gasteiger partial charge in [-0.25, -0.2) is 4.98 Å². The Balaban J connectivity index is 2.05. The van der Waals surface area contributed by atoms with E-state index in [2.05, 4.69) is 9.97 Å². The van der Waals surface area contributed by atoms with E-state index in [1.54, 1.807) is 24.4 Å². The van der Waals surface area contributed by atoms with E-state index in [1.165, 1.54) is 0 Å². The van der Waals surface area contributed by atoms with E-state index in [4.69, 9.17) is 20.3 Å². The molecule has 2 aromatic rings. The van der Waals surface area contributed by atoms with Gasteiger partial charge in [0.1, 0.15) is 18.4 Å². The van der Waals surface area contributed by atoms with Gasteiger partial charge in [0.25, 0.3) is 0 Å². The lowest BCUT2D eigenvalue weighted by Gasteiger charge is -2.13. The molecular weight excluding hydrogens is 298 g/mol. The molecule has 1 aromatic heterocycles. The lowest BCUT2D eigenvalue weighted by molar-refractivity contribution is -0.138. The van der Waals surface area contributed by atoms with E-state index in [9.17, 15) is 4.79 Å². The van der Waals surface area contributed by atoms with Crippen molar-refractivity contribution in [3.63, 3.8) is 0 Å². The molecule has 23 heavy (non-hydrogen) atoms. The van der Waals surface area contributed by atoms with Crippen molar-refractivity contribution in [2.75, 3.05) is 6.61 Å². The Morgan fingerprint density at radius 2 is 2.09 bits per heavy atom. The first-order valence-electron chi connectivity index (χ1n) is 7.24. The van der Waals surface area contributed by atoms with Crippen molar-refractivity contribution in [3.8, 4) is 11.8 Å². The molecule has 0 aliphatic heterocycles. The molecule has 1 heterocycles. The minimum Gasteiger partial charge on any atom is -0.487 e. The number of hydrogen-bond acceptors (Lipinski definition) is 6. The lowest BCUT2D eigenvalue weighted by Crippen LogP contribution is -2.32. The number of hydrogen-bond donors (Lipinski definition) is 2. The van der Waals surface area contributed by atoms with Gasteiger partial charge in [-0.05, 0) is 24.6 Å². The van der Waals surface area contributed by atoms with Gasteiger partial charge in [0.2, 0.25) is 0 Å². The van der Waals surface area contributed by atoms with Crippen LogP contribution in [0.25, 0.3) is 0 Å². The number of carboxylic acids is 1. The van der Waals surface area contributed by atoms with Crippen molar-refractivity contribution in [2.24, 2.45) is 5.73 Å². The maximum Gasteiger partial charge on any atom is 0.320 e. The van der Waals surface area contributed by atoms with Gasteiger partial charge in [-0.2, -0.15) is 4.98 Å². The summed E-state index contributed by atoms with van der Waals surface area (Å²) in [6, 6.07) is 8.26. The standard InChI is InChI=1S/C16H19N3O4/c1-2-22-16-18-8-7-12(19-16)10-23-14-6-4-3-5-11(14)9-13(17)15(20)21/h3-8,13H,2,9-10,17H2,1H3,(H,20,21)/t13-/m1/s1. The number of nitrogens with two attached hydrogens (primary N) is 1. The summed E-state index contributed by atoms with van der Waals surface area (Å²) in [5.74, 6) is -0.460. The number of benzene rings is 1. The Bertz CT molecular complexity index is 663. The second-order valence-electron chi connectivity index (χ2n) is 4.81. The summed E-state index contributed by atoms with van der Waals surface area (Å²) < 4.78 is 11.0. The lowest BCUT2D eigenvalue weighted by atomic mass is 10.1. The molecule has 0 saturated carbocycles. The van der Waals surface area contributed by atoms with Crippen molar-refractivity contribution < 1.29 is 19.4 Å². The molecule has 122 valence electrons. The fourth-order valence-electron chi connectivity index (χ4n) is 1.94. The summed E-state index contributed by atoms with van der Waals surface area (Å²) in [5, 5.41) is 8.93. The van der Waals surface area contributed by atoms with Crippen LogP contribution in [-0.2, 0) is 17.8 Å². The molecule has 1 aromatic carbocycles. The van der Waals surface area contributed by atoms with Gasteiger partial charge in [0.15, 0.2) is 0 Å². The summed E-state index contributed by atoms with van der Waals surface area (Å²) in [6.45, 7) is 2.57. The van der Waals surface area contributed by atoms with Crippen LogP contribution in [0.2, 0.25) is 0 Å². The highest BCUT2D eigenvalue weighted by Gasteiger charge is 2.15. The van der Waals surface area contributed by atoms with Gasteiger partial charge in [0.05, 0.1) is 12.3 Å². The van der Waals surface area contributed by atoms with Crippen molar-refractivity contribution in [1.82, 2.24) is 9.97 Å². The summed E-state index contributed by atoms with van der Waals surface area (Å²) in [5.41, 5.74) is 6.99. The molecule has 0 fully saturated rings. The molecular formula is C16H19N3O4. The highest BCUT2D eigenvalue weighted by molar-refractivity contribution is 5.73. The normalized spacial score (nSPS) is 11.7. The van der Waals surface area contributed by atoms with Crippen LogP contribution in [0, 0.1) is 0 Å². The van der Waals surface area contributed by atoms with E-state index in [0.29, 0.717) is 24.1 Å². The molecule has 0 bridgehead atoms. The van der Waals surface area contributed by atoms with Gasteiger partial charge < -0.3 is 20.3 Å². The van der Waals surface area contributed by atoms with E-state index in [0.717, 1.165) is 5.56 Å². The summed E-state index contributed by atoms with van der Waals surface area (Å²) in [6.07, 6.45) is 1.79. The first kappa shape index (κ1) is 16.7. The zero-order valence-corrected chi connectivity index (χ0v) is 12.8. The molecule has 0 aliphatic carbocycles. The third-order valence-electron chi connectivity index (χ3n) is 3.07. The molecule has 0 amide bonds. The van der Waals surface area contributed by atoms with Crippen LogP contribution in [0.1, 0.15) is 18.2 Å². The van der Waals surface area contributed by atoms with Gasteiger partial charge in [-0.15, -0.1) is 0 Å². The maximum atomic E-state index is 10.9. The van der Waals surface area contributed by atoms with Crippen LogP contribution in [0.15, 0.2) is 36.5 Å². The number of rotatable bonds is 8. The van der Waals surface area contributed by atoms with Crippen molar-refractivity contribution in [1.29, 1.82) is 0 Å². The molecule has 7 nitrogen and oxygen atoms in total. The Hall–Kier alpha value is -2.67. The zero-order valence-electron chi connectivity index (χ0n) is 12.8. The van der Waals surface area contributed by atoms with Crippen molar-refractivity contribution in [3.05, 3.63) is 47.8 Å². The molecule has 1 atom stereocenters. The van der Waals surface area contributed by atoms with Crippen LogP contribution in [0.3, 0.4) is 0 Å². The van der Waals surface area contributed by atoms with Gasteiger partial charge in [-0.1, -0.05) is 18.2 Å². The van der Waals surface area contributed by atoms with Gasteiger partial charge >= 0.3 is 12.0 Å². The molecule has 0 saturated heterocycles. The van der Waals surface area contributed by atoms with E-state index in [1.807, 2.05) is 19.1 Å². The molecule has 0 aliphatic rings. The van der Waals surface area contributed by atoms with Crippen LogP contribution >= 0.6 is 0 Å². The van der Waals surface area contributed by atoms with Crippen molar-refractivity contribution >= 4 is 5.97 Å². The van der Waals surface area contributed by atoms with Crippen LogP contribution in [0.4, 0.5) is 0 Å². The number of nitrogens with zero attached hydrogens (tertiary/aromatic N) is 2. The van der Waals surface area contributed by atoms with E-state index >= 15 is 0 Å². The van der Waals surface area contributed by atoms with Crippen molar-refractivity contribution in [2.45, 2.75) is 26.0 Å². The average Bonchev–Trinajstić information content (AvgIpc) is 2.54. The summed E-state index contributed by atoms with van der Waals surface area (Å²) in [4.78, 5) is 19.1. The van der Waals surface area contributed by atoms with E-state index in [-0.39, 0.29) is 13.0 Å². The molecule has 0 unspecified atom stereocenters. The molecule has 0 spiro atoms. The summed E-state index contributed by atoms with van der Waals surface area (Å²) in [7, 11) is 0. The number of carboxylic acid groups (broad SMARTS) is 1. The third-order valence-corrected chi connectivity index (χ3v) is 3.07. The topological polar surface area (TPSA) is 108 Å². The molecule has 3 N–H and O–H groups in total. The first-order chi connectivity index (χ1) is 11.1. The Labute approximate surface area is 134 Å². The monoisotopic (exact) mass is 317 g/mol. The highest BCUT2D eigenvalue weighted by atomic mass is 16.5. The fourth-order valence-corrected chi connectivity index (χ4v) is 1.94. The smallest absolute Gasteiger partial charge is 0.320 e. The number of ether oxygens (including phenoxy) is 2. The van der Waals surface area contributed by atoms with Crippen LogP contribution in [0.5, 0.6) is 11.8 Å². The average molecular weight is 317 g/mol. The van der Waals surface area contributed by atoms with Gasteiger partial charge in [-0.3, -0.25) is 4.79 Å². The second kappa shape index (κ2) is 8.09. The quantitative estimate of drug-likeness (QED) is 0.757. The summed E-state index contributed by atoms with van der Waals surface area (Å²) >= 11 is 0. The van der Waals surface area contributed by atoms with Crippen LogP contribution < -0.4 is 15.2 Å². The van der Waals surface area contributed by atoms with Crippen LogP contribution in [-0.4, -0.2) is 33.7 Å². The second-order valence-corrected chi connectivity index (χ2v) is 4.81. The number of para-hydroxylation sites is 1. The van der Waals surface area contributed by atoms with Gasteiger partial charge in [0, 0.05) is 12.6 Å². The molecule has 2 rings (SSSR count). The molecule has 0 radical (unpaired) electrons. The predicted octanol–water partition coefficient (Wildman–Crippen LogP) is 1.41. The SMILES string of the molecule is CCOc1nccc(COc2ccccc2C[C@@H](N)C(=O)O)n1. The Morgan fingerprint density at radius 1 is 1.30 bits per heavy atom. The number of aliphatic carboxylic acids is 1. The maximum absolute atomic E-state index is 10.9. The Kier molecular flexibility index (Phi) is 5.87. The number of carbonyl (C=O) groups is 1.